The molecule has 1 amide bonds. The predicted molar refractivity (Wildman–Crippen MR) is 129 cm³/mol. The quantitative estimate of drug-likeness (QED) is 0.452. The van der Waals surface area contributed by atoms with Crippen molar-refractivity contribution >= 4 is 35.0 Å². The molecule has 0 unspecified atom stereocenters. The minimum atomic E-state index is -0.348. The number of benzene rings is 2. The lowest BCUT2D eigenvalue weighted by molar-refractivity contribution is -0.123. The number of nitrogens with one attached hydrogen (secondary N) is 1. The van der Waals surface area contributed by atoms with Gasteiger partial charge in [0.25, 0.3) is 5.91 Å². The van der Waals surface area contributed by atoms with Gasteiger partial charge in [0.2, 0.25) is 0 Å². The number of anilines is 1. The highest BCUT2D eigenvalue weighted by Crippen LogP contribution is 2.40. The molecule has 0 radical (unpaired) electrons. The van der Waals surface area contributed by atoms with E-state index in [1.54, 1.807) is 30.5 Å². The number of para-hydroxylation sites is 1. The first-order valence-corrected chi connectivity index (χ1v) is 10.9. The molecule has 0 bridgehead atoms. The zero-order chi connectivity index (χ0) is 22.6. The number of hydrogen-bond donors (Lipinski definition) is 1. The minimum absolute atomic E-state index is 0.0231. The number of carbonyl (C=O) groups excluding carboxylic acids is 1. The summed E-state index contributed by atoms with van der Waals surface area (Å²) in [7, 11) is 0. The fourth-order valence-corrected chi connectivity index (χ4v) is 4.12. The van der Waals surface area contributed by atoms with Crippen LogP contribution in [0.3, 0.4) is 0 Å². The highest BCUT2D eigenvalue weighted by molar-refractivity contribution is 6.32. The Balaban J connectivity index is 1.71. The normalized spacial score (nSPS) is 14.9. The average Bonchev–Trinajstić information content (AvgIpc) is 2.71. The van der Waals surface area contributed by atoms with Gasteiger partial charge in [0.1, 0.15) is 5.75 Å². The number of fused-ring (bicyclic) bond motifs is 1. The third-order valence-corrected chi connectivity index (χ3v) is 5.71. The molecule has 2 aromatic rings. The van der Waals surface area contributed by atoms with Gasteiger partial charge in [-0.15, -0.1) is 0 Å². The van der Waals surface area contributed by atoms with Crippen molar-refractivity contribution in [1.29, 1.82) is 0 Å². The molecular formula is C25H30ClN3O2. The van der Waals surface area contributed by atoms with E-state index in [0.29, 0.717) is 10.8 Å². The van der Waals surface area contributed by atoms with Gasteiger partial charge in [0.15, 0.2) is 6.61 Å². The van der Waals surface area contributed by atoms with Crippen LogP contribution in [-0.4, -0.2) is 30.8 Å². The monoisotopic (exact) mass is 439 g/mol. The number of ether oxygens (including phenoxy) is 1. The predicted octanol–water partition coefficient (Wildman–Crippen LogP) is 5.59. The lowest BCUT2D eigenvalue weighted by Crippen LogP contribution is -2.45. The first kappa shape index (κ1) is 22.9. The molecule has 1 heterocycles. The number of allylic oxidation sites excluding steroid dienone is 1. The Morgan fingerprint density at radius 3 is 2.71 bits per heavy atom. The summed E-state index contributed by atoms with van der Waals surface area (Å²) in [6.45, 7) is 11.8. The molecule has 0 saturated carbocycles. The summed E-state index contributed by atoms with van der Waals surface area (Å²) in [6.07, 6.45) is 5.08. The standard InChI is InChI=1S/C25H30ClN3O2/c1-6-11-29-22-12-17(2)19(13-20(22)18(3)14-25(29,4)5)15-27-28-24(30)16-31-23-10-8-7-9-21(23)26/h7-10,12-15H,6,11,16H2,1-5H3,(H,28,30)/b27-15+. The molecule has 2 aromatic carbocycles. The van der Waals surface area contributed by atoms with E-state index < -0.39 is 0 Å². The van der Waals surface area contributed by atoms with Crippen molar-refractivity contribution in [2.75, 3.05) is 18.1 Å². The summed E-state index contributed by atoms with van der Waals surface area (Å²) < 4.78 is 5.44. The Kier molecular flexibility index (Phi) is 7.06. The third-order valence-electron chi connectivity index (χ3n) is 5.40. The van der Waals surface area contributed by atoms with Gasteiger partial charge in [0.05, 0.1) is 16.8 Å². The number of carbonyl (C=O) groups is 1. The van der Waals surface area contributed by atoms with Gasteiger partial charge in [-0.05, 0) is 75.1 Å². The maximum Gasteiger partial charge on any atom is 0.277 e. The molecule has 0 atom stereocenters. The molecule has 0 saturated heterocycles. The van der Waals surface area contributed by atoms with Crippen molar-refractivity contribution in [3.63, 3.8) is 0 Å². The molecule has 1 aliphatic heterocycles. The molecule has 0 fully saturated rings. The second-order valence-electron chi connectivity index (χ2n) is 8.37. The molecule has 5 nitrogen and oxygen atoms in total. The van der Waals surface area contributed by atoms with E-state index in [0.717, 1.165) is 24.1 Å². The van der Waals surface area contributed by atoms with Gasteiger partial charge in [-0.1, -0.05) is 36.7 Å². The summed E-state index contributed by atoms with van der Waals surface area (Å²) in [5, 5.41) is 4.59. The number of rotatable bonds is 7. The largest absolute Gasteiger partial charge is 0.482 e. The molecule has 6 heteroatoms. The molecule has 31 heavy (non-hydrogen) atoms. The van der Waals surface area contributed by atoms with Crippen LogP contribution >= 0.6 is 11.6 Å². The first-order chi connectivity index (χ1) is 14.7. The first-order valence-electron chi connectivity index (χ1n) is 10.5. The Labute approximate surface area is 189 Å². The van der Waals surface area contributed by atoms with Gasteiger partial charge in [-0.2, -0.15) is 5.10 Å². The highest BCUT2D eigenvalue weighted by atomic mass is 35.5. The van der Waals surface area contributed by atoms with Crippen LogP contribution in [0, 0.1) is 6.92 Å². The third kappa shape index (κ3) is 5.28. The maximum absolute atomic E-state index is 12.1. The van der Waals surface area contributed by atoms with Gasteiger partial charge in [0, 0.05) is 17.8 Å². The van der Waals surface area contributed by atoms with Crippen molar-refractivity contribution in [2.24, 2.45) is 5.10 Å². The molecular weight excluding hydrogens is 410 g/mol. The van der Waals surface area contributed by atoms with Crippen molar-refractivity contribution < 1.29 is 9.53 Å². The topological polar surface area (TPSA) is 53.9 Å². The number of halogens is 1. The van der Waals surface area contributed by atoms with E-state index in [4.69, 9.17) is 16.3 Å². The molecule has 1 N–H and O–H groups in total. The van der Waals surface area contributed by atoms with E-state index in [9.17, 15) is 4.79 Å². The van der Waals surface area contributed by atoms with Crippen LogP contribution in [0.4, 0.5) is 5.69 Å². The van der Waals surface area contributed by atoms with Crippen molar-refractivity contribution in [3.8, 4) is 5.75 Å². The molecule has 1 aliphatic rings. The van der Waals surface area contributed by atoms with Crippen LogP contribution in [0.5, 0.6) is 5.75 Å². The van der Waals surface area contributed by atoms with E-state index in [-0.39, 0.29) is 18.1 Å². The van der Waals surface area contributed by atoms with Gasteiger partial charge < -0.3 is 9.64 Å². The van der Waals surface area contributed by atoms with Gasteiger partial charge in [-0.3, -0.25) is 4.79 Å². The Morgan fingerprint density at radius 1 is 1.26 bits per heavy atom. The van der Waals surface area contributed by atoms with Gasteiger partial charge in [-0.25, -0.2) is 5.43 Å². The molecule has 3 rings (SSSR count). The van der Waals surface area contributed by atoms with Crippen LogP contribution in [0.1, 0.15) is 50.8 Å². The molecule has 0 aromatic heterocycles. The summed E-state index contributed by atoms with van der Waals surface area (Å²) in [4.78, 5) is 14.5. The van der Waals surface area contributed by atoms with E-state index in [2.05, 4.69) is 68.3 Å². The smallest absolute Gasteiger partial charge is 0.277 e. The second kappa shape index (κ2) is 9.56. The Bertz CT molecular complexity index is 1030. The Morgan fingerprint density at radius 2 is 2.00 bits per heavy atom. The maximum atomic E-state index is 12.1. The van der Waals surface area contributed by atoms with Crippen LogP contribution in [0.25, 0.3) is 5.57 Å². The fourth-order valence-electron chi connectivity index (χ4n) is 3.93. The van der Waals surface area contributed by atoms with Crippen LogP contribution in [0.2, 0.25) is 5.02 Å². The summed E-state index contributed by atoms with van der Waals surface area (Å²) >= 11 is 6.03. The molecule has 0 spiro atoms. The van der Waals surface area contributed by atoms with Crippen molar-refractivity contribution in [2.45, 2.75) is 46.6 Å². The lowest BCUT2D eigenvalue weighted by atomic mass is 9.87. The molecule has 164 valence electrons. The van der Waals surface area contributed by atoms with Crippen LogP contribution < -0.4 is 15.1 Å². The second-order valence-corrected chi connectivity index (χ2v) is 8.78. The Hall–Kier alpha value is -2.79. The number of nitrogens with zero attached hydrogens (tertiary/aromatic N) is 2. The highest BCUT2D eigenvalue weighted by Gasteiger charge is 2.31. The van der Waals surface area contributed by atoms with Crippen molar-refractivity contribution in [1.82, 2.24) is 5.43 Å². The van der Waals surface area contributed by atoms with Crippen LogP contribution in [-0.2, 0) is 4.79 Å². The van der Waals surface area contributed by atoms with E-state index in [1.807, 2.05) is 0 Å². The van der Waals surface area contributed by atoms with Gasteiger partial charge >= 0.3 is 0 Å². The minimum Gasteiger partial charge on any atom is -0.482 e. The van der Waals surface area contributed by atoms with E-state index >= 15 is 0 Å². The number of hydrazone groups is 1. The lowest BCUT2D eigenvalue weighted by Gasteiger charge is -2.43. The average molecular weight is 440 g/mol. The summed E-state index contributed by atoms with van der Waals surface area (Å²) in [6, 6.07) is 11.4. The fraction of sp³-hybridized carbons (Fsp3) is 0.360. The summed E-state index contributed by atoms with van der Waals surface area (Å²) in [5.74, 6) is 0.120. The summed E-state index contributed by atoms with van der Waals surface area (Å²) in [5.41, 5.74) is 8.27. The zero-order valence-corrected chi connectivity index (χ0v) is 19.6. The van der Waals surface area contributed by atoms with E-state index in [1.165, 1.54) is 16.8 Å². The SMILES string of the molecule is CCCN1c2cc(C)c(/C=N/NC(=O)COc3ccccc3Cl)cc2C(C)=CC1(C)C. The molecule has 0 aliphatic carbocycles. The number of amides is 1. The number of hydrogen-bond acceptors (Lipinski definition) is 4. The van der Waals surface area contributed by atoms with Crippen molar-refractivity contribution in [3.05, 3.63) is 64.2 Å². The zero-order valence-electron chi connectivity index (χ0n) is 18.8. The van der Waals surface area contributed by atoms with Crippen LogP contribution in [0.15, 0.2) is 47.6 Å². The number of aryl methyl sites for hydroxylation is 1.